The number of carbonyl (C=O) groups excluding carboxylic acids is 1. The first kappa shape index (κ1) is 20.5. The first-order chi connectivity index (χ1) is 14.7. The van der Waals surface area contributed by atoms with Gasteiger partial charge in [0.2, 0.25) is 5.91 Å². The molecule has 2 aromatic carbocycles. The van der Waals surface area contributed by atoms with Crippen LogP contribution in [0.25, 0.3) is 0 Å². The SMILES string of the molecule is CCOc1ccc(C2=NN(Cc3ccccc3)C(=O)[C@@H]3CCCC[C@H]23)cc1OCC. The Morgan fingerprint density at radius 1 is 0.933 bits per heavy atom. The van der Waals surface area contributed by atoms with Gasteiger partial charge in [-0.3, -0.25) is 4.79 Å². The monoisotopic (exact) mass is 406 g/mol. The second-order valence-electron chi connectivity index (χ2n) is 7.89. The van der Waals surface area contributed by atoms with Crippen molar-refractivity contribution in [1.29, 1.82) is 0 Å². The average molecular weight is 407 g/mol. The van der Waals surface area contributed by atoms with Gasteiger partial charge in [-0.1, -0.05) is 43.2 Å². The van der Waals surface area contributed by atoms with Crippen LogP contribution in [-0.2, 0) is 11.3 Å². The molecule has 30 heavy (non-hydrogen) atoms. The minimum absolute atomic E-state index is 0.0112. The summed E-state index contributed by atoms with van der Waals surface area (Å²) in [5.41, 5.74) is 3.11. The van der Waals surface area contributed by atoms with Crippen molar-refractivity contribution in [2.24, 2.45) is 16.9 Å². The van der Waals surface area contributed by atoms with E-state index in [4.69, 9.17) is 14.6 Å². The lowest BCUT2D eigenvalue weighted by atomic mass is 9.73. The molecule has 1 heterocycles. The highest BCUT2D eigenvalue weighted by Gasteiger charge is 2.41. The molecule has 2 atom stereocenters. The van der Waals surface area contributed by atoms with E-state index in [1.54, 1.807) is 5.01 Å². The first-order valence-electron chi connectivity index (χ1n) is 11.0. The maximum Gasteiger partial charge on any atom is 0.246 e. The predicted octanol–water partition coefficient (Wildman–Crippen LogP) is 5.04. The Kier molecular flexibility index (Phi) is 6.36. The number of hydrogen-bond acceptors (Lipinski definition) is 4. The number of rotatable bonds is 7. The van der Waals surface area contributed by atoms with E-state index in [-0.39, 0.29) is 17.7 Å². The molecule has 1 amide bonds. The fourth-order valence-electron chi connectivity index (χ4n) is 4.55. The lowest BCUT2D eigenvalue weighted by molar-refractivity contribution is -0.139. The molecule has 5 heteroatoms. The number of nitrogens with zero attached hydrogens (tertiary/aromatic N) is 2. The van der Waals surface area contributed by atoms with E-state index in [0.29, 0.717) is 19.8 Å². The van der Waals surface area contributed by atoms with E-state index in [1.807, 2.05) is 56.3 Å². The highest BCUT2D eigenvalue weighted by Crippen LogP contribution is 2.39. The van der Waals surface area contributed by atoms with Gasteiger partial charge in [-0.2, -0.15) is 5.10 Å². The van der Waals surface area contributed by atoms with E-state index in [2.05, 4.69) is 6.07 Å². The second kappa shape index (κ2) is 9.33. The lowest BCUT2D eigenvalue weighted by Gasteiger charge is -2.38. The summed E-state index contributed by atoms with van der Waals surface area (Å²) < 4.78 is 11.6. The van der Waals surface area contributed by atoms with Crippen molar-refractivity contribution in [3.8, 4) is 11.5 Å². The van der Waals surface area contributed by atoms with Crippen molar-refractivity contribution in [2.45, 2.75) is 46.1 Å². The third-order valence-corrected chi connectivity index (χ3v) is 5.93. The molecule has 0 radical (unpaired) electrons. The summed E-state index contributed by atoms with van der Waals surface area (Å²) in [5.74, 6) is 1.82. The van der Waals surface area contributed by atoms with Crippen molar-refractivity contribution < 1.29 is 14.3 Å². The van der Waals surface area contributed by atoms with Gasteiger partial charge in [-0.15, -0.1) is 0 Å². The zero-order valence-electron chi connectivity index (χ0n) is 17.8. The maximum absolute atomic E-state index is 13.2. The number of hydrazone groups is 1. The van der Waals surface area contributed by atoms with Crippen LogP contribution in [0.1, 0.15) is 50.7 Å². The number of benzene rings is 2. The lowest BCUT2D eigenvalue weighted by Crippen LogP contribution is -2.45. The van der Waals surface area contributed by atoms with Gasteiger partial charge in [-0.25, -0.2) is 5.01 Å². The summed E-state index contributed by atoms with van der Waals surface area (Å²) in [6.07, 6.45) is 4.18. The fourth-order valence-corrected chi connectivity index (χ4v) is 4.55. The summed E-state index contributed by atoms with van der Waals surface area (Å²) in [7, 11) is 0. The molecule has 1 aliphatic carbocycles. The number of fused-ring (bicyclic) bond motifs is 1. The van der Waals surface area contributed by atoms with Gasteiger partial charge in [0.25, 0.3) is 0 Å². The molecule has 1 fully saturated rings. The van der Waals surface area contributed by atoms with Gasteiger partial charge in [-0.05, 0) is 50.5 Å². The van der Waals surface area contributed by atoms with Gasteiger partial charge in [0.15, 0.2) is 11.5 Å². The molecule has 2 aliphatic rings. The number of amides is 1. The molecule has 0 spiro atoms. The summed E-state index contributed by atoms with van der Waals surface area (Å²) in [6.45, 7) is 5.60. The van der Waals surface area contributed by atoms with Crippen LogP contribution in [0, 0.1) is 11.8 Å². The quantitative estimate of drug-likeness (QED) is 0.647. The van der Waals surface area contributed by atoms with Crippen LogP contribution in [-0.4, -0.2) is 29.8 Å². The highest BCUT2D eigenvalue weighted by atomic mass is 16.5. The number of carbonyl (C=O) groups is 1. The fraction of sp³-hybridized carbons (Fsp3) is 0.440. The van der Waals surface area contributed by atoms with Gasteiger partial charge in [0, 0.05) is 17.4 Å². The van der Waals surface area contributed by atoms with Crippen LogP contribution in [0.2, 0.25) is 0 Å². The number of hydrogen-bond donors (Lipinski definition) is 0. The van der Waals surface area contributed by atoms with Crippen LogP contribution in [0.3, 0.4) is 0 Å². The van der Waals surface area contributed by atoms with E-state index >= 15 is 0 Å². The molecule has 0 saturated heterocycles. The minimum atomic E-state index is 0.0112. The van der Waals surface area contributed by atoms with Crippen LogP contribution in [0.4, 0.5) is 0 Å². The Hall–Kier alpha value is -2.82. The molecule has 4 rings (SSSR count). The molecule has 0 unspecified atom stereocenters. The zero-order chi connectivity index (χ0) is 20.9. The van der Waals surface area contributed by atoms with Crippen LogP contribution < -0.4 is 9.47 Å². The van der Waals surface area contributed by atoms with Gasteiger partial charge in [0.05, 0.1) is 25.5 Å². The van der Waals surface area contributed by atoms with Crippen molar-refractivity contribution >= 4 is 11.6 Å². The Morgan fingerprint density at radius 2 is 1.63 bits per heavy atom. The molecule has 0 aromatic heterocycles. The minimum Gasteiger partial charge on any atom is -0.490 e. The van der Waals surface area contributed by atoms with E-state index in [9.17, 15) is 4.79 Å². The van der Waals surface area contributed by atoms with Crippen molar-refractivity contribution in [3.63, 3.8) is 0 Å². The molecule has 0 bridgehead atoms. The van der Waals surface area contributed by atoms with Crippen LogP contribution in [0.5, 0.6) is 11.5 Å². The molecule has 158 valence electrons. The second-order valence-corrected chi connectivity index (χ2v) is 7.89. The van der Waals surface area contributed by atoms with Crippen LogP contribution in [0.15, 0.2) is 53.6 Å². The summed E-state index contributed by atoms with van der Waals surface area (Å²) >= 11 is 0. The smallest absolute Gasteiger partial charge is 0.246 e. The molecule has 0 N–H and O–H groups in total. The standard InChI is InChI=1S/C25H30N2O3/c1-3-29-22-15-14-19(16-23(22)30-4-2)24-20-12-8-9-13-21(20)25(28)27(26-24)17-18-10-6-5-7-11-18/h5-7,10-11,14-16,20-21H,3-4,8-9,12-13,17H2,1-2H3/t20-,21+/m0/s1. The largest absolute Gasteiger partial charge is 0.490 e. The molecule has 1 saturated carbocycles. The molecular weight excluding hydrogens is 376 g/mol. The van der Waals surface area contributed by atoms with Gasteiger partial charge >= 0.3 is 0 Å². The third kappa shape index (κ3) is 4.20. The maximum atomic E-state index is 13.2. The van der Waals surface area contributed by atoms with Gasteiger partial charge in [0.1, 0.15) is 0 Å². The number of ether oxygens (including phenoxy) is 2. The highest BCUT2D eigenvalue weighted by molar-refractivity contribution is 6.07. The summed E-state index contributed by atoms with van der Waals surface area (Å²) in [5, 5.41) is 6.57. The summed E-state index contributed by atoms with van der Waals surface area (Å²) in [4.78, 5) is 13.2. The van der Waals surface area contributed by atoms with Gasteiger partial charge < -0.3 is 9.47 Å². The molecule has 2 aromatic rings. The van der Waals surface area contributed by atoms with Crippen molar-refractivity contribution in [2.75, 3.05) is 13.2 Å². The summed E-state index contributed by atoms with van der Waals surface area (Å²) in [6, 6.07) is 16.1. The van der Waals surface area contributed by atoms with Crippen molar-refractivity contribution in [1.82, 2.24) is 5.01 Å². The molecule has 1 aliphatic heterocycles. The van der Waals surface area contributed by atoms with E-state index in [0.717, 1.165) is 54.0 Å². The van der Waals surface area contributed by atoms with E-state index < -0.39 is 0 Å². The Labute approximate surface area is 178 Å². The Bertz CT molecular complexity index is 910. The first-order valence-corrected chi connectivity index (χ1v) is 11.0. The topological polar surface area (TPSA) is 51.1 Å². The van der Waals surface area contributed by atoms with Crippen LogP contribution >= 0.6 is 0 Å². The Balaban J connectivity index is 1.72. The predicted molar refractivity (Wildman–Crippen MR) is 118 cm³/mol. The third-order valence-electron chi connectivity index (χ3n) is 5.93. The zero-order valence-corrected chi connectivity index (χ0v) is 17.8. The average Bonchev–Trinajstić information content (AvgIpc) is 2.78. The van der Waals surface area contributed by atoms with E-state index in [1.165, 1.54) is 0 Å². The normalized spacial score (nSPS) is 21.1. The molecular formula is C25H30N2O3. The van der Waals surface area contributed by atoms with Crippen molar-refractivity contribution in [3.05, 3.63) is 59.7 Å². The Morgan fingerprint density at radius 3 is 2.37 bits per heavy atom. The molecule has 5 nitrogen and oxygen atoms in total.